The number of aromatic amines is 1. The van der Waals surface area contributed by atoms with E-state index in [0.717, 1.165) is 5.56 Å². The zero-order chi connectivity index (χ0) is 11.0. The molecule has 0 aliphatic carbocycles. The molecule has 2 rings (SSSR count). The molecule has 15 heavy (non-hydrogen) atoms. The number of hydrogen-bond donors (Lipinski definition) is 4. The van der Waals surface area contributed by atoms with Crippen LogP contribution in [0.5, 0.6) is 11.5 Å². The summed E-state index contributed by atoms with van der Waals surface area (Å²) in [7, 11) is 0. The largest absolute Gasteiger partial charge is 0.507 e. The Balaban J connectivity index is 2.62. The van der Waals surface area contributed by atoms with Gasteiger partial charge in [-0.1, -0.05) is 0 Å². The van der Waals surface area contributed by atoms with E-state index in [4.69, 9.17) is 5.73 Å². The van der Waals surface area contributed by atoms with Crippen LogP contribution in [0.3, 0.4) is 0 Å². The topological polar surface area (TPSA) is 82.3 Å². The summed E-state index contributed by atoms with van der Waals surface area (Å²) in [6.45, 7) is 1.90. The van der Waals surface area contributed by atoms with Gasteiger partial charge in [-0.25, -0.2) is 0 Å². The number of benzene rings is 1. The highest BCUT2D eigenvalue weighted by molar-refractivity contribution is 5.93. The van der Waals surface area contributed by atoms with E-state index < -0.39 is 0 Å². The maximum absolute atomic E-state index is 9.71. The van der Waals surface area contributed by atoms with Crippen LogP contribution in [0.4, 0.5) is 0 Å². The molecule has 1 aromatic carbocycles. The Morgan fingerprint density at radius 1 is 1.33 bits per heavy atom. The summed E-state index contributed by atoms with van der Waals surface area (Å²) in [5, 5.41) is 19.9. The first-order valence-electron chi connectivity index (χ1n) is 4.86. The first-order valence-corrected chi connectivity index (χ1v) is 4.86. The van der Waals surface area contributed by atoms with Crippen molar-refractivity contribution in [2.45, 2.75) is 19.4 Å². The highest BCUT2D eigenvalue weighted by atomic mass is 16.3. The van der Waals surface area contributed by atoms with Crippen molar-refractivity contribution in [2.24, 2.45) is 5.73 Å². The average Bonchev–Trinajstić information content (AvgIpc) is 2.56. The van der Waals surface area contributed by atoms with Crippen molar-refractivity contribution in [3.8, 4) is 11.5 Å². The van der Waals surface area contributed by atoms with Gasteiger partial charge in [0.25, 0.3) is 0 Å². The van der Waals surface area contributed by atoms with Crippen molar-refractivity contribution in [1.82, 2.24) is 4.98 Å². The second kappa shape index (κ2) is 3.47. The number of H-pyrrole nitrogens is 1. The Bertz CT molecular complexity index is 489. The second-order valence-corrected chi connectivity index (χ2v) is 3.85. The quantitative estimate of drug-likeness (QED) is 0.561. The lowest BCUT2D eigenvalue weighted by atomic mass is 10.1. The van der Waals surface area contributed by atoms with Crippen LogP contribution in [0.15, 0.2) is 18.3 Å². The Kier molecular flexibility index (Phi) is 2.28. The molecular weight excluding hydrogens is 192 g/mol. The molecular formula is C11H14N2O2. The fourth-order valence-electron chi connectivity index (χ4n) is 1.79. The maximum atomic E-state index is 9.71. The smallest absolute Gasteiger partial charge is 0.139 e. The minimum atomic E-state index is 0.0192. The van der Waals surface area contributed by atoms with Crippen molar-refractivity contribution in [2.75, 3.05) is 0 Å². The predicted octanol–water partition coefficient (Wildman–Crippen LogP) is 1.47. The van der Waals surface area contributed by atoms with E-state index in [0.29, 0.717) is 17.3 Å². The van der Waals surface area contributed by atoms with E-state index in [1.54, 1.807) is 6.20 Å². The van der Waals surface area contributed by atoms with Gasteiger partial charge in [-0.2, -0.15) is 0 Å². The van der Waals surface area contributed by atoms with Crippen molar-refractivity contribution in [3.63, 3.8) is 0 Å². The number of rotatable bonds is 2. The predicted molar refractivity (Wildman–Crippen MR) is 59.0 cm³/mol. The zero-order valence-electron chi connectivity index (χ0n) is 8.49. The number of phenols is 2. The Morgan fingerprint density at radius 2 is 2.00 bits per heavy atom. The summed E-state index contributed by atoms with van der Waals surface area (Å²) in [6.07, 6.45) is 2.44. The summed E-state index contributed by atoms with van der Waals surface area (Å²) < 4.78 is 0. The lowest BCUT2D eigenvalue weighted by molar-refractivity contribution is 0.468. The molecule has 1 aromatic heterocycles. The fraction of sp³-hybridized carbons (Fsp3) is 0.273. The summed E-state index contributed by atoms with van der Waals surface area (Å²) in [5.74, 6) is 0.304. The van der Waals surface area contributed by atoms with Crippen LogP contribution in [0.2, 0.25) is 0 Å². The molecule has 1 unspecified atom stereocenters. The molecule has 0 spiro atoms. The Hall–Kier alpha value is -1.68. The lowest BCUT2D eigenvalue weighted by Crippen LogP contribution is -2.17. The molecule has 1 atom stereocenters. The number of aromatic hydroxyl groups is 2. The molecule has 0 amide bonds. The van der Waals surface area contributed by atoms with Crippen LogP contribution in [-0.2, 0) is 6.42 Å². The van der Waals surface area contributed by atoms with E-state index in [1.807, 2.05) is 6.92 Å². The molecule has 0 fully saturated rings. The third-order valence-corrected chi connectivity index (χ3v) is 2.42. The maximum Gasteiger partial charge on any atom is 0.139 e. The Morgan fingerprint density at radius 3 is 2.67 bits per heavy atom. The number of phenolic OH excluding ortho intramolecular Hbond substituents is 2. The van der Waals surface area contributed by atoms with Crippen molar-refractivity contribution in [3.05, 3.63) is 23.9 Å². The lowest BCUT2D eigenvalue weighted by Gasteiger charge is -2.04. The van der Waals surface area contributed by atoms with Gasteiger partial charge in [-0.05, 0) is 31.0 Å². The zero-order valence-corrected chi connectivity index (χ0v) is 8.49. The normalized spacial score (nSPS) is 13.2. The third kappa shape index (κ3) is 1.64. The summed E-state index contributed by atoms with van der Waals surface area (Å²) in [4.78, 5) is 2.94. The highest BCUT2D eigenvalue weighted by Gasteiger charge is 2.12. The van der Waals surface area contributed by atoms with Crippen LogP contribution < -0.4 is 5.73 Å². The summed E-state index contributed by atoms with van der Waals surface area (Å²) in [6, 6.07) is 2.96. The second-order valence-electron chi connectivity index (χ2n) is 3.85. The van der Waals surface area contributed by atoms with E-state index in [-0.39, 0.29) is 17.5 Å². The van der Waals surface area contributed by atoms with E-state index >= 15 is 0 Å². The molecule has 0 bridgehead atoms. The number of nitrogens with two attached hydrogens (primary N) is 1. The van der Waals surface area contributed by atoms with E-state index in [2.05, 4.69) is 4.98 Å². The molecule has 1 heterocycles. The van der Waals surface area contributed by atoms with Crippen LogP contribution >= 0.6 is 0 Å². The van der Waals surface area contributed by atoms with Crippen molar-refractivity contribution in [1.29, 1.82) is 0 Å². The standard InChI is InChI=1S/C11H14N2O2/c1-6(12)4-7-5-13-11-9(15)3-2-8(14)10(7)11/h2-3,5-6,13-15H,4,12H2,1H3. The van der Waals surface area contributed by atoms with Gasteiger partial charge < -0.3 is 20.9 Å². The summed E-state index contributed by atoms with van der Waals surface area (Å²) in [5.41, 5.74) is 7.19. The van der Waals surface area contributed by atoms with Gasteiger partial charge >= 0.3 is 0 Å². The van der Waals surface area contributed by atoms with Crippen LogP contribution in [0, 0.1) is 0 Å². The van der Waals surface area contributed by atoms with Crippen molar-refractivity contribution < 1.29 is 10.2 Å². The molecule has 4 heteroatoms. The fourth-order valence-corrected chi connectivity index (χ4v) is 1.79. The summed E-state index contributed by atoms with van der Waals surface area (Å²) >= 11 is 0. The number of aromatic nitrogens is 1. The molecule has 5 N–H and O–H groups in total. The Labute approximate surface area is 87.3 Å². The van der Waals surface area contributed by atoms with Crippen LogP contribution in [-0.4, -0.2) is 21.2 Å². The average molecular weight is 206 g/mol. The van der Waals surface area contributed by atoms with Gasteiger partial charge in [-0.15, -0.1) is 0 Å². The first-order chi connectivity index (χ1) is 7.09. The molecule has 0 radical (unpaired) electrons. The van der Waals surface area contributed by atoms with Crippen molar-refractivity contribution >= 4 is 10.9 Å². The van der Waals surface area contributed by atoms with Gasteiger partial charge in [0.15, 0.2) is 0 Å². The van der Waals surface area contributed by atoms with E-state index in [9.17, 15) is 10.2 Å². The molecule has 80 valence electrons. The number of nitrogens with one attached hydrogen (secondary N) is 1. The van der Waals surface area contributed by atoms with Gasteiger partial charge in [0.2, 0.25) is 0 Å². The van der Waals surface area contributed by atoms with Gasteiger partial charge in [0.05, 0.1) is 5.52 Å². The van der Waals surface area contributed by atoms with Gasteiger partial charge in [-0.3, -0.25) is 0 Å². The number of hydrogen-bond acceptors (Lipinski definition) is 3. The third-order valence-electron chi connectivity index (χ3n) is 2.42. The van der Waals surface area contributed by atoms with E-state index in [1.165, 1.54) is 12.1 Å². The SMILES string of the molecule is CC(N)Cc1c[nH]c2c(O)ccc(O)c12. The van der Waals surface area contributed by atoms with Crippen LogP contribution in [0.25, 0.3) is 10.9 Å². The minimum absolute atomic E-state index is 0.0192. The highest BCUT2D eigenvalue weighted by Crippen LogP contribution is 2.33. The molecule has 0 aliphatic rings. The molecule has 0 aliphatic heterocycles. The van der Waals surface area contributed by atoms with Gasteiger partial charge in [0.1, 0.15) is 11.5 Å². The number of fused-ring (bicyclic) bond motifs is 1. The molecule has 0 saturated carbocycles. The minimum Gasteiger partial charge on any atom is -0.507 e. The first kappa shape index (κ1) is 9.86. The van der Waals surface area contributed by atoms with Crippen LogP contribution in [0.1, 0.15) is 12.5 Å². The molecule has 4 nitrogen and oxygen atoms in total. The monoisotopic (exact) mass is 206 g/mol. The molecule has 2 aromatic rings. The molecule has 0 saturated heterocycles. The van der Waals surface area contributed by atoms with Gasteiger partial charge in [0, 0.05) is 17.6 Å².